The SMILES string of the molecule is O=C1C=CC(F)(F)C2=C1[C@]1(S(=O)(=O)c3ccc(C(F)(F)F)cc3)CCC[C@@H](CNS(=O)(=O)C(F)(F)F)[C@@H]1CO2. The second kappa shape index (κ2) is 9.26. The van der Waals surface area contributed by atoms with E-state index >= 15 is 0 Å². The summed E-state index contributed by atoms with van der Waals surface area (Å²) in [5.41, 5.74) is -7.89. The van der Waals surface area contributed by atoms with Crippen molar-refractivity contribution in [3.63, 3.8) is 0 Å². The van der Waals surface area contributed by atoms with Gasteiger partial charge in [-0.3, -0.25) is 4.79 Å². The van der Waals surface area contributed by atoms with E-state index < -0.39 is 101 Å². The molecular weight excluding hydrogens is 590 g/mol. The Morgan fingerprint density at radius 2 is 1.62 bits per heavy atom. The Bertz CT molecular complexity index is 1450. The summed E-state index contributed by atoms with van der Waals surface area (Å²) in [4.78, 5) is 12.2. The van der Waals surface area contributed by atoms with Gasteiger partial charge in [-0.15, -0.1) is 0 Å². The molecule has 3 aliphatic rings. The van der Waals surface area contributed by atoms with Gasteiger partial charge in [0.2, 0.25) is 0 Å². The normalized spacial score (nSPS) is 27.5. The fourth-order valence-corrected chi connectivity index (χ4v) is 8.43. The van der Waals surface area contributed by atoms with Crippen molar-refractivity contribution < 1.29 is 61.5 Å². The Hall–Kier alpha value is -2.53. The molecule has 39 heavy (non-hydrogen) atoms. The first-order valence-electron chi connectivity index (χ1n) is 11.2. The van der Waals surface area contributed by atoms with E-state index in [9.17, 15) is 56.8 Å². The van der Waals surface area contributed by atoms with Gasteiger partial charge in [0.15, 0.2) is 21.4 Å². The predicted octanol–water partition coefficient (Wildman–Crippen LogP) is 4.13. The summed E-state index contributed by atoms with van der Waals surface area (Å²) in [6.45, 7) is -1.81. The molecule has 0 radical (unpaired) electrons. The van der Waals surface area contributed by atoms with Crippen molar-refractivity contribution in [3.05, 3.63) is 53.3 Å². The number of ether oxygens (including phenoxy) is 1. The highest BCUT2D eigenvalue weighted by molar-refractivity contribution is 7.93. The van der Waals surface area contributed by atoms with Crippen molar-refractivity contribution in [1.29, 1.82) is 0 Å². The molecule has 1 N–H and O–H groups in total. The van der Waals surface area contributed by atoms with Crippen LogP contribution in [0, 0.1) is 11.8 Å². The summed E-state index contributed by atoms with van der Waals surface area (Å²) in [6, 6.07) is 2.08. The van der Waals surface area contributed by atoms with Crippen molar-refractivity contribution in [2.24, 2.45) is 11.8 Å². The van der Waals surface area contributed by atoms with Gasteiger partial charge in [0, 0.05) is 12.5 Å². The van der Waals surface area contributed by atoms with E-state index in [0.29, 0.717) is 30.3 Å². The first kappa shape index (κ1) is 29.5. The maximum atomic E-state index is 14.8. The quantitative estimate of drug-likeness (QED) is 0.504. The number of nitrogens with one attached hydrogen (secondary N) is 1. The van der Waals surface area contributed by atoms with E-state index in [1.54, 1.807) is 0 Å². The standard InChI is InChI=1S/C22H19F8NO6S2/c23-20(24)9-7-16(32)17-18(20)37-11-15-12(10-31-39(35,36)22(28,29)30)2-1-8-19(15,17)38(33,34)14-5-3-13(4-6-14)21(25,26)27/h3-7,9,12,15,31H,1-2,8,10-11H2/t12-,15-,19-/m0/s1. The van der Waals surface area contributed by atoms with E-state index in [-0.39, 0.29) is 18.9 Å². The second-order valence-electron chi connectivity index (χ2n) is 9.31. The average molecular weight is 610 g/mol. The number of allylic oxidation sites excluding steroid dienone is 2. The van der Waals surface area contributed by atoms with Crippen LogP contribution in [0.25, 0.3) is 0 Å². The molecule has 0 unspecified atom stereocenters. The molecule has 0 spiro atoms. The lowest BCUT2D eigenvalue weighted by atomic mass is 9.65. The number of hydrogen-bond acceptors (Lipinski definition) is 6. The Morgan fingerprint density at radius 3 is 2.18 bits per heavy atom. The van der Waals surface area contributed by atoms with Gasteiger partial charge in [0.1, 0.15) is 4.75 Å². The molecule has 1 aromatic rings. The highest BCUT2D eigenvalue weighted by Crippen LogP contribution is 2.56. The molecule has 1 heterocycles. The molecule has 0 saturated heterocycles. The van der Waals surface area contributed by atoms with Gasteiger partial charge in [0.25, 0.3) is 0 Å². The summed E-state index contributed by atoms with van der Waals surface area (Å²) < 4.78 is 163. The van der Waals surface area contributed by atoms with Crippen LogP contribution in [0.2, 0.25) is 0 Å². The van der Waals surface area contributed by atoms with Crippen molar-refractivity contribution in [2.75, 3.05) is 13.2 Å². The summed E-state index contributed by atoms with van der Waals surface area (Å²) in [6.07, 6.45) is -4.96. The van der Waals surface area contributed by atoms with Crippen LogP contribution in [0.5, 0.6) is 0 Å². The topological polar surface area (TPSA) is 107 Å². The molecule has 2 aliphatic carbocycles. The number of halogens is 8. The monoisotopic (exact) mass is 609 g/mol. The number of sulfonamides is 1. The smallest absolute Gasteiger partial charge is 0.490 e. The fourth-order valence-electron chi connectivity index (χ4n) is 5.38. The number of benzene rings is 1. The Balaban J connectivity index is 1.89. The maximum Gasteiger partial charge on any atom is 0.511 e. The molecule has 0 bridgehead atoms. The zero-order chi connectivity index (χ0) is 29.2. The van der Waals surface area contributed by atoms with Crippen LogP contribution in [-0.2, 0) is 35.6 Å². The van der Waals surface area contributed by atoms with Gasteiger partial charge in [-0.2, -0.15) is 35.1 Å². The van der Waals surface area contributed by atoms with Gasteiger partial charge < -0.3 is 4.74 Å². The lowest BCUT2D eigenvalue weighted by Gasteiger charge is -2.51. The number of ketones is 1. The van der Waals surface area contributed by atoms with E-state index in [4.69, 9.17) is 4.74 Å². The first-order chi connectivity index (χ1) is 17.8. The molecule has 0 aromatic heterocycles. The molecular formula is C22H19F8NO6S2. The van der Waals surface area contributed by atoms with Crippen LogP contribution in [0.1, 0.15) is 24.8 Å². The highest BCUT2D eigenvalue weighted by Gasteiger charge is 2.64. The van der Waals surface area contributed by atoms with Crippen LogP contribution in [0.3, 0.4) is 0 Å². The van der Waals surface area contributed by atoms with Crippen molar-refractivity contribution in [3.8, 4) is 0 Å². The summed E-state index contributed by atoms with van der Waals surface area (Å²) in [7, 11) is -10.9. The molecule has 216 valence electrons. The number of fused-ring (bicyclic) bond motifs is 2. The number of sulfone groups is 1. The molecule has 1 saturated carbocycles. The third-order valence-electron chi connectivity index (χ3n) is 7.15. The first-order valence-corrected chi connectivity index (χ1v) is 14.2. The van der Waals surface area contributed by atoms with Gasteiger partial charge in [-0.25, -0.2) is 21.6 Å². The van der Waals surface area contributed by atoms with Crippen molar-refractivity contribution >= 4 is 25.6 Å². The lowest BCUT2D eigenvalue weighted by Crippen LogP contribution is -2.60. The van der Waals surface area contributed by atoms with E-state index in [1.165, 1.54) is 4.72 Å². The predicted molar refractivity (Wildman–Crippen MR) is 117 cm³/mol. The third-order valence-corrected chi connectivity index (χ3v) is 10.9. The number of carbonyl (C=O) groups excluding carboxylic acids is 1. The largest absolute Gasteiger partial charge is 0.511 e. The second-order valence-corrected chi connectivity index (χ2v) is 13.3. The van der Waals surface area contributed by atoms with Gasteiger partial charge in [-0.05, 0) is 55.2 Å². The summed E-state index contributed by atoms with van der Waals surface area (Å²) >= 11 is 0. The van der Waals surface area contributed by atoms with Gasteiger partial charge >= 0.3 is 27.6 Å². The average Bonchev–Trinajstić information content (AvgIpc) is 2.83. The van der Waals surface area contributed by atoms with Crippen LogP contribution in [-0.4, -0.2) is 51.9 Å². The number of rotatable bonds is 5. The van der Waals surface area contributed by atoms with Crippen molar-refractivity contribution in [1.82, 2.24) is 4.72 Å². The minimum Gasteiger partial charge on any atom is -0.490 e. The zero-order valence-electron chi connectivity index (χ0n) is 19.4. The van der Waals surface area contributed by atoms with Crippen LogP contribution in [0.4, 0.5) is 35.1 Å². The summed E-state index contributed by atoms with van der Waals surface area (Å²) in [5, 5.41) is 0. The molecule has 1 aliphatic heterocycles. The Morgan fingerprint density at radius 1 is 1.00 bits per heavy atom. The Kier molecular flexibility index (Phi) is 6.99. The lowest BCUT2D eigenvalue weighted by molar-refractivity contribution is -0.137. The number of hydrogen-bond donors (Lipinski definition) is 1. The minimum absolute atomic E-state index is 0.0677. The minimum atomic E-state index is -5.87. The van der Waals surface area contributed by atoms with Crippen LogP contribution < -0.4 is 4.72 Å². The molecule has 1 aromatic carbocycles. The van der Waals surface area contributed by atoms with Crippen molar-refractivity contribution in [2.45, 2.75) is 46.5 Å². The van der Waals surface area contributed by atoms with Crippen LogP contribution >= 0.6 is 0 Å². The fraction of sp³-hybridized carbons (Fsp3) is 0.500. The molecule has 7 nitrogen and oxygen atoms in total. The van der Waals surface area contributed by atoms with E-state index in [2.05, 4.69) is 0 Å². The zero-order valence-corrected chi connectivity index (χ0v) is 21.1. The Labute approximate surface area is 216 Å². The highest BCUT2D eigenvalue weighted by atomic mass is 32.2. The molecule has 3 atom stereocenters. The number of carbonyl (C=O) groups is 1. The third kappa shape index (κ3) is 4.75. The molecule has 0 amide bonds. The molecule has 17 heteroatoms. The van der Waals surface area contributed by atoms with Crippen LogP contribution in [0.15, 0.2) is 52.6 Å². The molecule has 4 rings (SSSR count). The molecule has 1 fully saturated rings. The maximum absolute atomic E-state index is 14.8. The van der Waals surface area contributed by atoms with Gasteiger partial charge in [-0.1, -0.05) is 6.42 Å². The van der Waals surface area contributed by atoms with Gasteiger partial charge in [0.05, 0.1) is 22.6 Å². The summed E-state index contributed by atoms with van der Waals surface area (Å²) in [5.74, 6) is -9.17. The number of alkyl halides is 8. The van der Waals surface area contributed by atoms with E-state index in [0.717, 1.165) is 0 Å². The van der Waals surface area contributed by atoms with E-state index in [1.807, 2.05) is 0 Å².